The Labute approximate surface area is 79.9 Å². The van der Waals surface area contributed by atoms with E-state index in [0.717, 1.165) is 0 Å². The highest BCUT2D eigenvalue weighted by Crippen LogP contribution is 2.33. The molecule has 0 aromatic heterocycles. The van der Waals surface area contributed by atoms with Crippen LogP contribution in [0, 0.1) is 25.5 Å². The smallest absolute Gasteiger partial charge is 0.164 e. The molecule has 0 spiro atoms. The summed E-state index contributed by atoms with van der Waals surface area (Å²) in [6, 6.07) is 0. The minimum atomic E-state index is -0.935. The lowest BCUT2D eigenvalue weighted by atomic mass is 10.1. The van der Waals surface area contributed by atoms with Gasteiger partial charge < -0.3 is 5.73 Å². The molecule has 0 unspecified atom stereocenters. The van der Waals surface area contributed by atoms with E-state index in [9.17, 15) is 8.78 Å². The van der Waals surface area contributed by atoms with E-state index in [-0.39, 0.29) is 22.5 Å². The Morgan fingerprint density at radius 2 is 1.62 bits per heavy atom. The fourth-order valence-electron chi connectivity index (χ4n) is 1.05. The molecule has 2 nitrogen and oxygen atoms in total. The maximum Gasteiger partial charge on any atom is 0.164 e. The van der Waals surface area contributed by atoms with E-state index in [1.54, 1.807) is 0 Å². The molecule has 13 heavy (non-hydrogen) atoms. The maximum atomic E-state index is 13.1. The van der Waals surface area contributed by atoms with Gasteiger partial charge in [0.05, 0.1) is 5.69 Å². The zero-order valence-electron chi connectivity index (χ0n) is 7.19. The van der Waals surface area contributed by atoms with Crippen LogP contribution in [0.15, 0.2) is 4.36 Å². The average molecular weight is 202 g/mol. The third-order valence-electron chi connectivity index (χ3n) is 1.96. The van der Waals surface area contributed by atoms with E-state index in [1.165, 1.54) is 13.8 Å². The fourth-order valence-corrected chi connectivity index (χ4v) is 1.28. The minimum absolute atomic E-state index is 0.0479. The molecule has 2 N–H and O–H groups in total. The summed E-state index contributed by atoms with van der Waals surface area (Å²) in [6.07, 6.45) is 0. The third-order valence-corrected chi connectivity index (χ3v) is 2.14. The molecule has 0 amide bonds. The van der Waals surface area contributed by atoms with Crippen LogP contribution in [0.25, 0.3) is 0 Å². The van der Waals surface area contributed by atoms with Crippen LogP contribution < -0.4 is 5.73 Å². The van der Waals surface area contributed by atoms with Crippen molar-refractivity contribution in [3.63, 3.8) is 0 Å². The van der Waals surface area contributed by atoms with Crippen molar-refractivity contribution in [2.24, 2.45) is 4.36 Å². The normalized spacial score (nSPS) is 10.2. The number of nitrogens with zero attached hydrogens (tertiary/aromatic N) is 1. The van der Waals surface area contributed by atoms with Gasteiger partial charge in [-0.3, -0.25) is 0 Å². The van der Waals surface area contributed by atoms with E-state index in [2.05, 4.69) is 16.8 Å². The van der Waals surface area contributed by atoms with Gasteiger partial charge in [0, 0.05) is 23.6 Å². The molecule has 1 aromatic rings. The van der Waals surface area contributed by atoms with Crippen molar-refractivity contribution in [2.75, 3.05) is 5.73 Å². The Bertz CT molecular complexity index is 348. The summed E-state index contributed by atoms with van der Waals surface area (Å²) in [6.45, 7) is 2.77. The summed E-state index contributed by atoms with van der Waals surface area (Å²) >= 11 is 4.41. The van der Waals surface area contributed by atoms with Crippen molar-refractivity contribution in [1.29, 1.82) is 0 Å². The number of halogens is 2. The molecule has 1 aromatic carbocycles. The first kappa shape index (κ1) is 9.98. The van der Waals surface area contributed by atoms with Gasteiger partial charge >= 0.3 is 0 Å². The first-order chi connectivity index (χ1) is 6.00. The second-order valence-electron chi connectivity index (χ2n) is 2.73. The van der Waals surface area contributed by atoms with Gasteiger partial charge in [0.15, 0.2) is 11.6 Å². The van der Waals surface area contributed by atoms with Crippen LogP contribution in [0.4, 0.5) is 20.2 Å². The third kappa shape index (κ3) is 1.39. The van der Waals surface area contributed by atoms with Gasteiger partial charge in [-0.1, -0.05) is 0 Å². The molecule has 70 valence electrons. The largest absolute Gasteiger partial charge is 0.397 e. The summed E-state index contributed by atoms with van der Waals surface area (Å²) in [5.74, 6) is -1.87. The Morgan fingerprint density at radius 3 is 2.08 bits per heavy atom. The van der Waals surface area contributed by atoms with Crippen LogP contribution in [0.2, 0.25) is 0 Å². The molecule has 0 aliphatic heterocycles. The topological polar surface area (TPSA) is 38.4 Å². The van der Waals surface area contributed by atoms with Gasteiger partial charge in [0.25, 0.3) is 0 Å². The highest BCUT2D eigenvalue weighted by Gasteiger charge is 2.17. The number of nitrogen functional groups attached to an aromatic ring is 1. The molecule has 0 saturated carbocycles. The molecule has 0 aliphatic rings. The van der Waals surface area contributed by atoms with Crippen LogP contribution >= 0.6 is 0 Å². The van der Waals surface area contributed by atoms with Crippen molar-refractivity contribution < 1.29 is 8.78 Å². The lowest BCUT2D eigenvalue weighted by molar-refractivity contribution is 0.499. The quantitative estimate of drug-likeness (QED) is 0.710. The molecule has 0 atom stereocenters. The van der Waals surface area contributed by atoms with Crippen molar-refractivity contribution in [2.45, 2.75) is 13.8 Å². The Kier molecular flexibility index (Phi) is 2.56. The standard InChI is InChI=1S/C8H8F2N2S/c1-3-5(9)6(10)4(2)8(12-13)7(3)11/h11H2,1-2H3. The first-order valence-electron chi connectivity index (χ1n) is 3.57. The van der Waals surface area contributed by atoms with Crippen LogP contribution in [0.1, 0.15) is 11.1 Å². The van der Waals surface area contributed by atoms with Gasteiger partial charge in [0.2, 0.25) is 0 Å². The fraction of sp³-hybridized carbons (Fsp3) is 0.250. The monoisotopic (exact) mass is 202 g/mol. The zero-order chi connectivity index (χ0) is 10.2. The van der Waals surface area contributed by atoms with E-state index >= 15 is 0 Å². The van der Waals surface area contributed by atoms with Crippen LogP contribution in [-0.2, 0) is 12.4 Å². The molecule has 0 fully saturated rings. The molecule has 0 aliphatic carbocycles. The van der Waals surface area contributed by atoms with Gasteiger partial charge in [-0.15, -0.1) is 0 Å². The second kappa shape index (κ2) is 3.33. The lowest BCUT2D eigenvalue weighted by Gasteiger charge is -2.09. The van der Waals surface area contributed by atoms with Crippen LogP contribution in [0.3, 0.4) is 0 Å². The van der Waals surface area contributed by atoms with Crippen LogP contribution in [-0.4, -0.2) is 0 Å². The number of benzene rings is 1. The van der Waals surface area contributed by atoms with Crippen molar-refractivity contribution in [3.8, 4) is 0 Å². The highest BCUT2D eigenvalue weighted by atomic mass is 32.1. The molecule has 0 saturated heterocycles. The van der Waals surface area contributed by atoms with Gasteiger partial charge in [-0.05, 0) is 13.8 Å². The van der Waals surface area contributed by atoms with Crippen LogP contribution in [0.5, 0.6) is 0 Å². The van der Waals surface area contributed by atoms with Gasteiger partial charge in [-0.25, -0.2) is 8.78 Å². The lowest BCUT2D eigenvalue weighted by Crippen LogP contribution is -2.00. The average Bonchev–Trinajstić information content (AvgIpc) is 2.13. The zero-order valence-corrected chi connectivity index (χ0v) is 8.01. The van der Waals surface area contributed by atoms with E-state index in [4.69, 9.17) is 5.73 Å². The number of hydrogen-bond donors (Lipinski definition) is 1. The van der Waals surface area contributed by atoms with Gasteiger partial charge in [0.1, 0.15) is 5.69 Å². The van der Waals surface area contributed by atoms with Crippen molar-refractivity contribution in [1.82, 2.24) is 0 Å². The molecule has 5 heteroatoms. The summed E-state index contributed by atoms with van der Waals surface area (Å²) in [5.41, 5.74) is 5.84. The van der Waals surface area contributed by atoms with E-state index < -0.39 is 11.6 Å². The highest BCUT2D eigenvalue weighted by molar-refractivity contribution is 7.47. The number of rotatable bonds is 1. The first-order valence-corrected chi connectivity index (χ1v) is 3.94. The van der Waals surface area contributed by atoms with Crippen molar-refractivity contribution in [3.05, 3.63) is 22.8 Å². The Balaban J connectivity index is 3.66. The van der Waals surface area contributed by atoms with E-state index in [1.807, 2.05) is 0 Å². The SMILES string of the molecule is Cc1c(N)c(N=S)c(C)c(F)c1F. The van der Waals surface area contributed by atoms with Gasteiger partial charge in [-0.2, -0.15) is 4.36 Å². The minimum Gasteiger partial charge on any atom is -0.397 e. The summed E-state index contributed by atoms with van der Waals surface area (Å²) < 4.78 is 29.5. The predicted octanol–water partition coefficient (Wildman–Crippen LogP) is 2.53. The maximum absolute atomic E-state index is 13.1. The number of anilines is 1. The molecule has 0 heterocycles. The Hall–Kier alpha value is -1.10. The number of nitrogens with two attached hydrogens (primary N) is 1. The molecule has 0 radical (unpaired) electrons. The summed E-state index contributed by atoms with van der Waals surface area (Å²) in [5, 5.41) is 0. The molecule has 1 rings (SSSR count). The van der Waals surface area contributed by atoms with Crippen molar-refractivity contribution >= 4 is 23.8 Å². The second-order valence-corrected chi connectivity index (χ2v) is 2.91. The Morgan fingerprint density at radius 1 is 1.15 bits per heavy atom. The summed E-state index contributed by atoms with van der Waals surface area (Å²) in [7, 11) is 0. The summed E-state index contributed by atoms with van der Waals surface area (Å²) in [4.78, 5) is 0. The molecular weight excluding hydrogens is 194 g/mol. The number of hydrogen-bond acceptors (Lipinski definition) is 3. The van der Waals surface area contributed by atoms with E-state index in [0.29, 0.717) is 0 Å². The molecule has 0 bridgehead atoms. The molecular formula is C8H8F2N2S. The predicted molar refractivity (Wildman–Crippen MR) is 49.7 cm³/mol.